The van der Waals surface area contributed by atoms with Crippen LogP contribution in [0, 0.1) is 18.1 Å². The number of nitrogens with zero attached hydrogens (tertiary/aromatic N) is 2. The molecule has 1 radical (unpaired) electrons. The molecule has 2 atom stereocenters. The fourth-order valence-corrected chi connectivity index (χ4v) is 5.12. The van der Waals surface area contributed by atoms with Gasteiger partial charge in [-0.25, -0.2) is 0 Å². The minimum absolute atomic E-state index is 0. The summed E-state index contributed by atoms with van der Waals surface area (Å²) in [6.45, 7) is 4.52. The van der Waals surface area contributed by atoms with Gasteiger partial charge in [-0.15, -0.1) is 76.9 Å². The van der Waals surface area contributed by atoms with E-state index < -0.39 is 0 Å². The second-order valence-corrected chi connectivity index (χ2v) is 9.47. The van der Waals surface area contributed by atoms with Gasteiger partial charge in [0.1, 0.15) is 0 Å². The van der Waals surface area contributed by atoms with Crippen molar-refractivity contribution in [3.8, 4) is 22.5 Å². The zero-order valence-corrected chi connectivity index (χ0v) is 24.2. The summed E-state index contributed by atoms with van der Waals surface area (Å²) in [6, 6.07) is 29.1. The molecule has 0 saturated heterocycles. The Morgan fingerprint density at radius 1 is 0.789 bits per heavy atom. The molecule has 0 aliphatic heterocycles. The Morgan fingerprint density at radius 2 is 1.61 bits per heavy atom. The zero-order valence-electron chi connectivity index (χ0n) is 21.8. The largest absolute Gasteiger partial charge is 0.305 e. The molecule has 2 aliphatic carbocycles. The number of benzene rings is 2. The van der Waals surface area contributed by atoms with E-state index in [0.717, 1.165) is 22.5 Å². The molecule has 0 amide bonds. The third-order valence-electron chi connectivity index (χ3n) is 7.22. The van der Waals surface area contributed by atoms with Crippen LogP contribution in [0.5, 0.6) is 0 Å². The standard InChI is InChI=1S/C24H24N.C11H8N.Ir/c1-3-17(4-2)20-13-14-25-24(16-20)21-12-11-19-10-9-18-7-5-6-8-22(18)23(19)15-21;1-2-6-10(7-3-1)11-8-4-5-9-12-11;/h5-11,13-18,22H,3-4H2,1-2H3;1-6,8-9H;/q2*-1;. The molecule has 38 heavy (non-hydrogen) atoms. The van der Waals surface area contributed by atoms with Gasteiger partial charge in [-0.1, -0.05) is 68.0 Å². The Hall–Kier alpha value is -3.39. The number of allylic oxidation sites excluding steroid dienone is 5. The molecule has 0 fully saturated rings. The van der Waals surface area contributed by atoms with Crippen molar-refractivity contribution in [1.82, 2.24) is 9.97 Å². The van der Waals surface area contributed by atoms with Crippen molar-refractivity contribution in [3.05, 3.63) is 138 Å². The van der Waals surface area contributed by atoms with E-state index in [9.17, 15) is 0 Å². The molecule has 0 spiro atoms. The molecule has 2 aromatic heterocycles. The molecule has 6 rings (SSSR count). The number of fused-ring (bicyclic) bond motifs is 3. The van der Waals surface area contributed by atoms with E-state index in [1.807, 2.05) is 48.7 Å². The van der Waals surface area contributed by atoms with Crippen LogP contribution in [-0.4, -0.2) is 9.97 Å². The Morgan fingerprint density at radius 3 is 2.37 bits per heavy atom. The van der Waals surface area contributed by atoms with E-state index in [4.69, 9.17) is 0 Å². The van der Waals surface area contributed by atoms with Gasteiger partial charge in [0, 0.05) is 38.4 Å². The number of pyridine rings is 2. The topological polar surface area (TPSA) is 25.8 Å². The third kappa shape index (κ3) is 6.35. The molecular weight excluding hydrogens is 641 g/mol. The van der Waals surface area contributed by atoms with Crippen LogP contribution < -0.4 is 0 Å². The van der Waals surface area contributed by atoms with Crippen LogP contribution >= 0.6 is 0 Å². The van der Waals surface area contributed by atoms with Crippen LogP contribution in [-0.2, 0) is 20.1 Å². The zero-order chi connectivity index (χ0) is 25.5. The first-order valence-electron chi connectivity index (χ1n) is 13.2. The summed E-state index contributed by atoms with van der Waals surface area (Å²) in [6.07, 6.45) is 19.5. The summed E-state index contributed by atoms with van der Waals surface area (Å²) >= 11 is 0. The predicted octanol–water partition coefficient (Wildman–Crippen LogP) is 8.85. The number of rotatable bonds is 5. The minimum Gasteiger partial charge on any atom is -0.305 e. The summed E-state index contributed by atoms with van der Waals surface area (Å²) in [7, 11) is 0. The quantitative estimate of drug-likeness (QED) is 0.198. The fourth-order valence-electron chi connectivity index (χ4n) is 5.12. The molecule has 2 nitrogen and oxygen atoms in total. The van der Waals surface area contributed by atoms with Crippen molar-refractivity contribution in [2.75, 3.05) is 0 Å². The Balaban J connectivity index is 0.000000218. The van der Waals surface area contributed by atoms with Gasteiger partial charge in [0.25, 0.3) is 0 Å². The minimum atomic E-state index is 0. The van der Waals surface area contributed by atoms with Crippen LogP contribution in [0.1, 0.15) is 55.2 Å². The maximum absolute atomic E-state index is 4.63. The fraction of sp³-hybridized carbons (Fsp3) is 0.200. The van der Waals surface area contributed by atoms with E-state index in [-0.39, 0.29) is 20.1 Å². The summed E-state index contributed by atoms with van der Waals surface area (Å²) < 4.78 is 0. The SMILES string of the molecule is CCC(CC)c1ccnc(-c2[c-]cc3c(c2)C2C=CC=CC2C=C3)c1.[Ir].[c-]1ccccc1-c1ccccn1. The molecule has 0 bridgehead atoms. The molecule has 4 aromatic rings. The predicted molar refractivity (Wildman–Crippen MR) is 154 cm³/mol. The van der Waals surface area contributed by atoms with Gasteiger partial charge >= 0.3 is 0 Å². The summed E-state index contributed by atoms with van der Waals surface area (Å²) in [5.74, 6) is 1.51. The van der Waals surface area contributed by atoms with Crippen molar-refractivity contribution >= 4 is 6.08 Å². The molecule has 3 heteroatoms. The normalized spacial score (nSPS) is 16.6. The molecule has 2 aliphatic rings. The van der Waals surface area contributed by atoms with Gasteiger partial charge in [0.05, 0.1) is 0 Å². The molecule has 2 heterocycles. The van der Waals surface area contributed by atoms with Crippen molar-refractivity contribution in [3.63, 3.8) is 0 Å². The summed E-state index contributed by atoms with van der Waals surface area (Å²) in [4.78, 5) is 8.85. The Labute approximate surface area is 240 Å². The van der Waals surface area contributed by atoms with Gasteiger partial charge in [0.2, 0.25) is 0 Å². The molecule has 0 saturated carbocycles. The van der Waals surface area contributed by atoms with E-state index in [1.165, 1.54) is 29.5 Å². The molecule has 2 unspecified atom stereocenters. The maximum Gasteiger partial charge on any atom is 0.0163 e. The van der Waals surface area contributed by atoms with Crippen LogP contribution in [0.25, 0.3) is 28.6 Å². The van der Waals surface area contributed by atoms with Crippen molar-refractivity contribution in [2.24, 2.45) is 5.92 Å². The van der Waals surface area contributed by atoms with Gasteiger partial charge < -0.3 is 9.97 Å². The average Bonchev–Trinajstić information content (AvgIpc) is 2.99. The molecular formula is C35H32IrN2-2. The van der Waals surface area contributed by atoms with Crippen molar-refractivity contribution in [2.45, 2.75) is 38.5 Å². The monoisotopic (exact) mass is 673 g/mol. The average molecular weight is 673 g/mol. The second kappa shape index (κ2) is 13.4. The van der Waals surface area contributed by atoms with Gasteiger partial charge in [-0.2, -0.15) is 0 Å². The molecule has 0 N–H and O–H groups in total. The van der Waals surface area contributed by atoms with Gasteiger partial charge in [-0.3, -0.25) is 0 Å². The van der Waals surface area contributed by atoms with E-state index in [1.54, 1.807) is 6.20 Å². The second-order valence-electron chi connectivity index (χ2n) is 9.47. The van der Waals surface area contributed by atoms with Gasteiger partial charge in [0.15, 0.2) is 0 Å². The summed E-state index contributed by atoms with van der Waals surface area (Å²) in [5, 5.41) is 0. The summed E-state index contributed by atoms with van der Waals surface area (Å²) in [5.41, 5.74) is 8.20. The van der Waals surface area contributed by atoms with E-state index in [2.05, 4.69) is 96.7 Å². The van der Waals surface area contributed by atoms with E-state index >= 15 is 0 Å². The number of hydrogen-bond donors (Lipinski definition) is 0. The third-order valence-corrected chi connectivity index (χ3v) is 7.22. The van der Waals surface area contributed by atoms with Crippen molar-refractivity contribution in [1.29, 1.82) is 0 Å². The molecule has 2 aromatic carbocycles. The van der Waals surface area contributed by atoms with Crippen LogP contribution in [0.15, 0.2) is 110 Å². The number of hydrogen-bond acceptors (Lipinski definition) is 2. The van der Waals surface area contributed by atoms with E-state index in [0.29, 0.717) is 17.8 Å². The number of aromatic nitrogens is 2. The smallest absolute Gasteiger partial charge is 0.0163 e. The van der Waals surface area contributed by atoms with Crippen LogP contribution in [0.3, 0.4) is 0 Å². The first kappa shape index (κ1) is 27.6. The van der Waals surface area contributed by atoms with Crippen LogP contribution in [0.4, 0.5) is 0 Å². The Bertz CT molecular complexity index is 1370. The molecule has 193 valence electrons. The van der Waals surface area contributed by atoms with Crippen LogP contribution in [0.2, 0.25) is 0 Å². The first-order valence-corrected chi connectivity index (χ1v) is 13.2. The Kier molecular flexibility index (Phi) is 9.76. The van der Waals surface area contributed by atoms with Crippen molar-refractivity contribution < 1.29 is 20.1 Å². The first-order chi connectivity index (χ1) is 18.3. The maximum atomic E-state index is 4.63. The van der Waals surface area contributed by atoms with Gasteiger partial charge in [-0.05, 0) is 48.2 Å².